The van der Waals surface area contributed by atoms with Crippen molar-refractivity contribution in [3.8, 4) is 0 Å². The van der Waals surface area contributed by atoms with Crippen LogP contribution in [-0.4, -0.2) is 16.1 Å². The summed E-state index contributed by atoms with van der Waals surface area (Å²) in [5.41, 5.74) is 10.2. The molecule has 0 saturated carbocycles. The van der Waals surface area contributed by atoms with E-state index in [2.05, 4.69) is 20.6 Å². The fraction of sp³-hybridized carbons (Fsp3) is 0.333. The number of fused-ring (bicyclic) bond motifs is 1. The normalized spacial score (nSPS) is 14.6. The molecular formula is C12H13ClN4S. The molecule has 0 aliphatic carbocycles. The second kappa shape index (κ2) is 4.74. The summed E-state index contributed by atoms with van der Waals surface area (Å²) in [7, 11) is 0. The highest BCUT2D eigenvalue weighted by Crippen LogP contribution is 2.33. The van der Waals surface area contributed by atoms with Gasteiger partial charge in [0, 0.05) is 29.5 Å². The lowest BCUT2D eigenvalue weighted by Crippen LogP contribution is -2.29. The van der Waals surface area contributed by atoms with Crippen molar-refractivity contribution in [2.45, 2.75) is 19.4 Å². The van der Waals surface area contributed by atoms with E-state index in [9.17, 15) is 0 Å². The number of nitrogen functional groups attached to an aromatic ring is 1. The molecule has 2 heterocycles. The molecule has 0 saturated heterocycles. The van der Waals surface area contributed by atoms with Gasteiger partial charge < -0.3 is 10.6 Å². The van der Waals surface area contributed by atoms with Gasteiger partial charge in [0.25, 0.3) is 0 Å². The summed E-state index contributed by atoms with van der Waals surface area (Å²) < 4.78 is 4.54. The van der Waals surface area contributed by atoms with Crippen molar-refractivity contribution in [3.63, 3.8) is 0 Å². The molecule has 1 aliphatic rings. The Labute approximate surface area is 115 Å². The van der Waals surface area contributed by atoms with Crippen molar-refractivity contribution >= 4 is 34.5 Å². The molecule has 0 bridgehead atoms. The Bertz CT molecular complexity index is 569. The van der Waals surface area contributed by atoms with E-state index >= 15 is 0 Å². The Morgan fingerprint density at radius 3 is 3.11 bits per heavy atom. The first-order valence-corrected chi connectivity index (χ1v) is 7.00. The van der Waals surface area contributed by atoms with Gasteiger partial charge in [0.2, 0.25) is 0 Å². The smallest absolute Gasteiger partial charge is 0.139 e. The van der Waals surface area contributed by atoms with Gasteiger partial charge >= 0.3 is 0 Å². The number of hydrogen-bond donors (Lipinski definition) is 1. The van der Waals surface area contributed by atoms with Crippen molar-refractivity contribution in [2.75, 3.05) is 17.2 Å². The second-order valence-electron chi connectivity index (χ2n) is 4.36. The predicted molar refractivity (Wildman–Crippen MR) is 75.1 cm³/mol. The number of hydrogen-bond acceptors (Lipinski definition) is 5. The minimum atomic E-state index is 0.672. The average Bonchev–Trinajstić information content (AvgIpc) is 2.77. The molecule has 18 heavy (non-hydrogen) atoms. The van der Waals surface area contributed by atoms with Gasteiger partial charge in [-0.15, -0.1) is 5.10 Å². The zero-order valence-corrected chi connectivity index (χ0v) is 11.3. The van der Waals surface area contributed by atoms with Crippen molar-refractivity contribution in [2.24, 2.45) is 0 Å². The maximum absolute atomic E-state index is 6.06. The van der Waals surface area contributed by atoms with E-state index in [1.54, 1.807) is 0 Å². The molecule has 2 N–H and O–H groups in total. The van der Waals surface area contributed by atoms with Gasteiger partial charge in [-0.3, -0.25) is 0 Å². The fourth-order valence-corrected chi connectivity index (χ4v) is 2.98. The summed E-state index contributed by atoms with van der Waals surface area (Å²) in [6.45, 7) is 1.70. The molecule has 4 nitrogen and oxygen atoms in total. The van der Waals surface area contributed by atoms with Crippen LogP contribution in [0.5, 0.6) is 0 Å². The summed E-state index contributed by atoms with van der Waals surface area (Å²) in [4.78, 5) is 2.28. The van der Waals surface area contributed by atoms with Crippen LogP contribution in [0.2, 0.25) is 4.34 Å². The molecule has 2 aromatic rings. The molecule has 0 radical (unpaired) electrons. The van der Waals surface area contributed by atoms with Crippen molar-refractivity contribution < 1.29 is 0 Å². The van der Waals surface area contributed by atoms with Crippen LogP contribution in [0.25, 0.3) is 0 Å². The van der Waals surface area contributed by atoms with Gasteiger partial charge in [-0.25, -0.2) is 0 Å². The number of halogens is 1. The van der Waals surface area contributed by atoms with Gasteiger partial charge in [0.15, 0.2) is 0 Å². The minimum Gasteiger partial charge on any atom is -0.398 e. The quantitative estimate of drug-likeness (QED) is 0.860. The van der Waals surface area contributed by atoms with Crippen LogP contribution in [0.1, 0.15) is 17.7 Å². The van der Waals surface area contributed by atoms with Gasteiger partial charge in [-0.1, -0.05) is 22.2 Å². The highest BCUT2D eigenvalue weighted by molar-refractivity contribution is 7.10. The van der Waals surface area contributed by atoms with E-state index in [-0.39, 0.29) is 0 Å². The third-order valence-electron chi connectivity index (χ3n) is 3.23. The van der Waals surface area contributed by atoms with Crippen LogP contribution in [0.3, 0.4) is 0 Å². The SMILES string of the molecule is Nc1cccc2c1CCCN2Cc1nnsc1Cl. The Hall–Kier alpha value is -1.33. The zero-order chi connectivity index (χ0) is 12.5. The van der Waals surface area contributed by atoms with Crippen LogP contribution >= 0.6 is 23.1 Å². The van der Waals surface area contributed by atoms with E-state index in [4.69, 9.17) is 17.3 Å². The first kappa shape index (κ1) is 11.7. The van der Waals surface area contributed by atoms with Gasteiger partial charge in [-0.2, -0.15) is 0 Å². The van der Waals surface area contributed by atoms with Gasteiger partial charge in [-0.05, 0) is 30.5 Å². The van der Waals surface area contributed by atoms with Gasteiger partial charge in [0.1, 0.15) is 10.0 Å². The highest BCUT2D eigenvalue weighted by Gasteiger charge is 2.20. The number of benzene rings is 1. The molecule has 1 aromatic carbocycles. The standard InChI is InChI=1S/C12H13ClN4S/c13-12-10(15-16-18-12)7-17-6-2-3-8-9(14)4-1-5-11(8)17/h1,4-5H,2-3,6-7,14H2. The monoisotopic (exact) mass is 280 g/mol. The third kappa shape index (κ3) is 2.04. The first-order valence-electron chi connectivity index (χ1n) is 5.85. The molecule has 1 aliphatic heterocycles. The zero-order valence-electron chi connectivity index (χ0n) is 9.77. The van der Waals surface area contributed by atoms with E-state index in [1.165, 1.54) is 22.8 Å². The molecule has 0 unspecified atom stereocenters. The van der Waals surface area contributed by atoms with Crippen LogP contribution in [0, 0.1) is 0 Å². The van der Waals surface area contributed by atoms with Crippen molar-refractivity contribution in [1.29, 1.82) is 0 Å². The van der Waals surface area contributed by atoms with Crippen LogP contribution < -0.4 is 10.6 Å². The van der Waals surface area contributed by atoms with E-state index in [1.807, 2.05) is 12.1 Å². The second-order valence-corrected chi connectivity index (χ2v) is 5.72. The summed E-state index contributed by atoms with van der Waals surface area (Å²) in [6.07, 6.45) is 2.15. The predicted octanol–water partition coefficient (Wildman–Crippen LogP) is 2.73. The molecule has 6 heteroatoms. The Balaban J connectivity index is 1.92. The Kier molecular flexibility index (Phi) is 3.09. The molecule has 0 fully saturated rings. The van der Waals surface area contributed by atoms with Crippen LogP contribution in [0.4, 0.5) is 11.4 Å². The molecule has 0 amide bonds. The summed E-state index contributed by atoms with van der Waals surface area (Å²) in [5, 5.41) is 4.07. The van der Waals surface area contributed by atoms with E-state index < -0.39 is 0 Å². The number of nitrogens with two attached hydrogens (primary N) is 1. The number of rotatable bonds is 2. The fourth-order valence-electron chi connectivity index (χ4n) is 2.36. The summed E-state index contributed by atoms with van der Waals surface area (Å²) >= 11 is 7.29. The molecule has 94 valence electrons. The average molecular weight is 281 g/mol. The highest BCUT2D eigenvalue weighted by atomic mass is 35.5. The van der Waals surface area contributed by atoms with E-state index in [0.717, 1.165) is 30.8 Å². The molecule has 0 atom stereocenters. The van der Waals surface area contributed by atoms with Crippen molar-refractivity contribution in [1.82, 2.24) is 9.59 Å². The summed E-state index contributed by atoms with van der Waals surface area (Å²) in [5.74, 6) is 0. The first-order chi connectivity index (χ1) is 8.75. The van der Waals surface area contributed by atoms with E-state index in [0.29, 0.717) is 10.9 Å². The largest absolute Gasteiger partial charge is 0.398 e. The molecule has 3 rings (SSSR count). The molecule has 0 spiro atoms. The number of anilines is 2. The van der Waals surface area contributed by atoms with Crippen LogP contribution in [0.15, 0.2) is 18.2 Å². The third-order valence-corrected chi connectivity index (χ3v) is 4.22. The lowest BCUT2D eigenvalue weighted by atomic mass is 10.00. The minimum absolute atomic E-state index is 0.672. The Morgan fingerprint density at radius 1 is 1.44 bits per heavy atom. The van der Waals surface area contributed by atoms with Crippen LogP contribution in [-0.2, 0) is 13.0 Å². The molecule has 1 aromatic heterocycles. The van der Waals surface area contributed by atoms with Gasteiger partial charge in [0.05, 0.1) is 6.54 Å². The topological polar surface area (TPSA) is 55.0 Å². The number of aromatic nitrogens is 2. The molecular weight excluding hydrogens is 268 g/mol. The maximum Gasteiger partial charge on any atom is 0.139 e. The number of nitrogens with zero attached hydrogens (tertiary/aromatic N) is 3. The summed E-state index contributed by atoms with van der Waals surface area (Å²) in [6, 6.07) is 6.06. The lowest BCUT2D eigenvalue weighted by molar-refractivity contribution is 0.684. The maximum atomic E-state index is 6.06. The Morgan fingerprint density at radius 2 is 2.33 bits per heavy atom. The lowest BCUT2D eigenvalue weighted by Gasteiger charge is -2.31. The van der Waals surface area contributed by atoms with Crippen molar-refractivity contribution in [3.05, 3.63) is 33.8 Å².